The zero-order chi connectivity index (χ0) is 29.4. The van der Waals surface area contributed by atoms with Crippen molar-refractivity contribution in [2.45, 2.75) is 117 Å². The number of phenolic OH excluding ortho intramolecular Hbond substituents is 1. The second kappa shape index (κ2) is 12.5. The molecular formula is C34H48BNO5. The predicted octanol–water partition coefficient (Wildman–Crippen LogP) is 6.76. The summed E-state index contributed by atoms with van der Waals surface area (Å²) in [6.45, 7) is 10.4. The van der Waals surface area contributed by atoms with Gasteiger partial charge in [-0.15, -0.1) is 0 Å². The molecule has 2 amide bonds. The Morgan fingerprint density at radius 3 is 2.39 bits per heavy atom. The zero-order valence-corrected chi connectivity index (χ0v) is 25.6. The molecule has 0 aromatic heterocycles. The minimum atomic E-state index is -0.937. The van der Waals surface area contributed by atoms with Gasteiger partial charge in [-0.1, -0.05) is 63.7 Å². The number of allylic oxidation sites excluding steroid dienone is 2. The van der Waals surface area contributed by atoms with Crippen LogP contribution in [-0.4, -0.2) is 46.1 Å². The van der Waals surface area contributed by atoms with E-state index >= 15 is 0 Å². The summed E-state index contributed by atoms with van der Waals surface area (Å²) < 4.78 is 6.25. The van der Waals surface area contributed by atoms with Crippen molar-refractivity contribution < 1.29 is 24.4 Å². The molecule has 4 atom stereocenters. The van der Waals surface area contributed by atoms with E-state index in [1.54, 1.807) is 4.90 Å². The number of phenols is 1. The summed E-state index contributed by atoms with van der Waals surface area (Å²) in [5, 5.41) is 21.2. The minimum absolute atomic E-state index is 0.00491. The number of benzene rings is 1. The summed E-state index contributed by atoms with van der Waals surface area (Å²) in [4.78, 5) is 29.4. The summed E-state index contributed by atoms with van der Waals surface area (Å²) in [5.74, 6) is -0.222. The number of rotatable bonds is 8. The standard InChI is InChI=1S/C34H48BNO5/c1-6-10-23(17-24-15-21(4)32(37)22(5)16-24)13-14-29-30-26(20(2)3)18-27-31(28(30)19-35(40)41-29)34(39)36(33(27)38)25-11-8-7-9-12-25/h15-17,20,25,27-29,31,37,40H,6-14,18-19H2,1-5H3/b23-17+/t27-,28+,29-,31-/m1/s1. The molecule has 7 heteroatoms. The number of amides is 2. The third-order valence-electron chi connectivity index (χ3n) is 10.1. The molecule has 5 rings (SSSR count). The molecule has 41 heavy (non-hydrogen) atoms. The Balaban J connectivity index is 1.42. The van der Waals surface area contributed by atoms with Crippen LogP contribution in [0.2, 0.25) is 6.32 Å². The van der Waals surface area contributed by atoms with Crippen LogP contribution in [0.5, 0.6) is 5.75 Å². The maximum Gasteiger partial charge on any atom is 0.455 e. The van der Waals surface area contributed by atoms with E-state index in [9.17, 15) is 19.7 Å². The average molecular weight is 562 g/mol. The molecule has 2 aliphatic heterocycles. The molecule has 222 valence electrons. The summed E-state index contributed by atoms with van der Waals surface area (Å²) in [6, 6.07) is 4.09. The molecule has 2 saturated heterocycles. The topological polar surface area (TPSA) is 87.1 Å². The van der Waals surface area contributed by atoms with E-state index in [2.05, 4.69) is 26.8 Å². The summed E-state index contributed by atoms with van der Waals surface area (Å²) >= 11 is 0. The third-order valence-corrected chi connectivity index (χ3v) is 10.1. The van der Waals surface area contributed by atoms with Crippen molar-refractivity contribution in [2.75, 3.05) is 0 Å². The van der Waals surface area contributed by atoms with Crippen LogP contribution in [-0.2, 0) is 14.2 Å². The van der Waals surface area contributed by atoms with Crippen molar-refractivity contribution in [2.24, 2.45) is 23.7 Å². The van der Waals surface area contributed by atoms with Crippen LogP contribution in [0.3, 0.4) is 0 Å². The van der Waals surface area contributed by atoms with Gasteiger partial charge in [-0.3, -0.25) is 14.5 Å². The SMILES string of the molecule is CCC/C(=C\c1cc(C)c(O)c(C)c1)CC[C@H]1OB(O)C[C@H]2C1=C(C(C)C)C[C@H]1C(=O)N(C3CCCCC3)C(=O)[C@H]12. The fourth-order valence-electron chi connectivity index (χ4n) is 8.19. The summed E-state index contributed by atoms with van der Waals surface area (Å²) in [7, 11) is -0.937. The van der Waals surface area contributed by atoms with Gasteiger partial charge < -0.3 is 14.8 Å². The van der Waals surface area contributed by atoms with Crippen LogP contribution in [0.4, 0.5) is 0 Å². The zero-order valence-electron chi connectivity index (χ0n) is 25.6. The van der Waals surface area contributed by atoms with Gasteiger partial charge in [-0.25, -0.2) is 0 Å². The van der Waals surface area contributed by atoms with Gasteiger partial charge in [-0.2, -0.15) is 0 Å². The first-order valence-electron chi connectivity index (χ1n) is 16.0. The van der Waals surface area contributed by atoms with Crippen molar-refractivity contribution in [3.8, 4) is 5.75 Å². The predicted molar refractivity (Wildman–Crippen MR) is 163 cm³/mol. The number of nitrogens with zero attached hydrogens (tertiary/aromatic N) is 1. The highest BCUT2D eigenvalue weighted by atomic mass is 16.5. The van der Waals surface area contributed by atoms with Crippen molar-refractivity contribution in [3.63, 3.8) is 0 Å². The second-order valence-electron chi connectivity index (χ2n) is 13.3. The molecule has 0 radical (unpaired) electrons. The van der Waals surface area contributed by atoms with E-state index in [-0.39, 0.29) is 47.6 Å². The average Bonchev–Trinajstić information content (AvgIpc) is 3.19. The lowest BCUT2D eigenvalue weighted by atomic mass is 9.57. The van der Waals surface area contributed by atoms with Gasteiger partial charge >= 0.3 is 7.12 Å². The monoisotopic (exact) mass is 561 g/mol. The largest absolute Gasteiger partial charge is 0.507 e. The Morgan fingerprint density at radius 1 is 1.07 bits per heavy atom. The van der Waals surface area contributed by atoms with Crippen molar-refractivity contribution in [1.82, 2.24) is 4.90 Å². The van der Waals surface area contributed by atoms with Crippen LogP contribution in [0, 0.1) is 37.5 Å². The fraction of sp³-hybridized carbons (Fsp3) is 0.647. The summed E-state index contributed by atoms with van der Waals surface area (Å²) in [5.41, 5.74) is 6.58. The number of carbonyl (C=O) groups is 2. The van der Waals surface area contributed by atoms with E-state index < -0.39 is 7.12 Å². The molecule has 2 aliphatic carbocycles. The number of aryl methyl sites for hydroxylation is 2. The molecule has 1 saturated carbocycles. The molecule has 0 bridgehead atoms. The number of likely N-dealkylation sites (tertiary alicyclic amines) is 1. The van der Waals surface area contributed by atoms with E-state index in [1.807, 2.05) is 26.0 Å². The second-order valence-corrected chi connectivity index (χ2v) is 13.3. The quantitative estimate of drug-likeness (QED) is 0.208. The number of hydrogen-bond donors (Lipinski definition) is 2. The minimum Gasteiger partial charge on any atom is -0.507 e. The Kier molecular flexibility index (Phi) is 9.15. The molecular weight excluding hydrogens is 513 g/mol. The maximum atomic E-state index is 14.0. The first-order chi connectivity index (χ1) is 19.6. The molecule has 4 aliphatic rings. The molecule has 0 spiro atoms. The first kappa shape index (κ1) is 30.1. The van der Waals surface area contributed by atoms with Gasteiger partial charge in [0.1, 0.15) is 5.75 Å². The van der Waals surface area contributed by atoms with E-state index in [4.69, 9.17) is 4.65 Å². The van der Waals surface area contributed by atoms with E-state index in [0.29, 0.717) is 18.5 Å². The van der Waals surface area contributed by atoms with Crippen molar-refractivity contribution in [1.29, 1.82) is 0 Å². The van der Waals surface area contributed by atoms with Gasteiger partial charge in [0.15, 0.2) is 0 Å². The van der Waals surface area contributed by atoms with Crippen LogP contribution < -0.4 is 0 Å². The highest BCUT2D eigenvalue weighted by molar-refractivity contribution is 6.43. The first-order valence-corrected chi connectivity index (χ1v) is 16.0. The van der Waals surface area contributed by atoms with Gasteiger partial charge in [0, 0.05) is 6.04 Å². The number of imide groups is 1. The van der Waals surface area contributed by atoms with E-state index in [0.717, 1.165) is 68.1 Å². The van der Waals surface area contributed by atoms with Gasteiger partial charge in [0.05, 0.1) is 17.9 Å². The summed E-state index contributed by atoms with van der Waals surface area (Å²) in [6.07, 6.45) is 11.7. The van der Waals surface area contributed by atoms with E-state index in [1.165, 1.54) is 23.1 Å². The Morgan fingerprint density at radius 2 is 1.76 bits per heavy atom. The molecule has 3 fully saturated rings. The van der Waals surface area contributed by atoms with Crippen LogP contribution in [0.1, 0.15) is 102 Å². The van der Waals surface area contributed by atoms with Gasteiger partial charge in [0.25, 0.3) is 0 Å². The molecule has 2 N–H and O–H groups in total. The normalized spacial score (nSPS) is 27.6. The van der Waals surface area contributed by atoms with Crippen LogP contribution >= 0.6 is 0 Å². The van der Waals surface area contributed by atoms with Gasteiger partial charge in [-0.05, 0) is 105 Å². The molecule has 1 aromatic carbocycles. The maximum absolute atomic E-state index is 14.0. The number of carbonyl (C=O) groups excluding carboxylic acids is 2. The van der Waals surface area contributed by atoms with Crippen molar-refractivity contribution >= 4 is 25.0 Å². The highest BCUT2D eigenvalue weighted by Gasteiger charge is 2.58. The third kappa shape index (κ3) is 5.94. The smallest absolute Gasteiger partial charge is 0.455 e. The number of aromatic hydroxyl groups is 1. The van der Waals surface area contributed by atoms with Crippen molar-refractivity contribution in [3.05, 3.63) is 45.5 Å². The molecule has 1 aromatic rings. The lowest BCUT2D eigenvalue weighted by Crippen LogP contribution is -2.47. The Labute approximate surface area is 246 Å². The molecule has 0 unspecified atom stereocenters. The van der Waals surface area contributed by atoms with Crippen LogP contribution in [0.15, 0.2) is 28.9 Å². The Bertz CT molecular complexity index is 1210. The number of fused-ring (bicyclic) bond motifs is 3. The highest BCUT2D eigenvalue weighted by Crippen LogP contribution is 2.52. The molecule has 6 nitrogen and oxygen atoms in total. The molecule has 2 heterocycles. The lowest BCUT2D eigenvalue weighted by molar-refractivity contribution is -0.143. The number of hydrogen-bond acceptors (Lipinski definition) is 5. The Hall–Kier alpha value is -2.38. The lowest BCUT2D eigenvalue weighted by Gasteiger charge is -2.44. The van der Waals surface area contributed by atoms with Crippen LogP contribution in [0.25, 0.3) is 6.08 Å². The fourth-order valence-corrected chi connectivity index (χ4v) is 8.19. The van der Waals surface area contributed by atoms with Gasteiger partial charge in [0.2, 0.25) is 11.8 Å².